The van der Waals surface area contributed by atoms with Gasteiger partial charge in [-0.05, 0) is 166 Å². The summed E-state index contributed by atoms with van der Waals surface area (Å²) in [6.07, 6.45) is 8.39. The molecule has 0 amide bonds. The molecular formula is C54H59BN2S. The minimum absolute atomic E-state index is 0.0497. The molecule has 0 spiro atoms. The molecule has 4 bridgehead atoms. The summed E-state index contributed by atoms with van der Waals surface area (Å²) in [4.78, 5) is 5.37. The standard InChI is InChI=1S/C54H59BN2S/c1-51(2,3)36-14-19-40(20-15-36)56-44-13-11-10-12-43(44)55-48-45(56)28-39(54-30-33-24-34(31-54)26-35(25-33)32-54)29-46(48)57(41-21-16-37(17-22-41)52(4,5)6)49-42-27-38(53(7,8)9)18-23-47(42)58-50(49)55/h10-23,27-29,33-35H,24-26,30-32H2,1-9H3. The van der Waals surface area contributed by atoms with Crippen LogP contribution in [0, 0.1) is 17.8 Å². The fraction of sp³-hybridized carbons (Fsp3) is 0.407. The van der Waals surface area contributed by atoms with E-state index in [1.807, 2.05) is 11.3 Å². The second-order valence-corrected chi connectivity index (χ2v) is 23.2. The zero-order valence-electron chi connectivity index (χ0n) is 36.2. The zero-order valence-corrected chi connectivity index (χ0v) is 37.0. The van der Waals surface area contributed by atoms with Crippen molar-refractivity contribution in [2.45, 2.75) is 122 Å². The first-order valence-corrected chi connectivity index (χ1v) is 23.0. The van der Waals surface area contributed by atoms with Gasteiger partial charge in [0.15, 0.2) is 0 Å². The van der Waals surface area contributed by atoms with Crippen molar-refractivity contribution >= 4 is 78.0 Å². The molecule has 4 fully saturated rings. The van der Waals surface area contributed by atoms with Crippen LogP contribution >= 0.6 is 11.3 Å². The Kier molecular flexibility index (Phi) is 7.85. The van der Waals surface area contributed by atoms with Crippen LogP contribution in [-0.2, 0) is 21.7 Å². The maximum Gasteiger partial charge on any atom is 0.264 e. The van der Waals surface area contributed by atoms with Gasteiger partial charge in [0.1, 0.15) is 0 Å². The number of thiophene rings is 1. The highest BCUT2D eigenvalue weighted by Crippen LogP contribution is 2.62. The van der Waals surface area contributed by atoms with E-state index in [0.29, 0.717) is 0 Å². The molecule has 6 aromatic rings. The highest BCUT2D eigenvalue weighted by molar-refractivity contribution is 7.33. The summed E-state index contributed by atoms with van der Waals surface area (Å²) < 4.78 is 2.84. The summed E-state index contributed by atoms with van der Waals surface area (Å²) in [6, 6.07) is 41.3. The molecule has 6 aliphatic rings. The van der Waals surface area contributed by atoms with Crippen molar-refractivity contribution < 1.29 is 0 Å². The van der Waals surface area contributed by atoms with Gasteiger partial charge in [-0.2, -0.15) is 0 Å². The van der Waals surface area contributed by atoms with E-state index < -0.39 is 0 Å². The maximum absolute atomic E-state index is 2.73. The van der Waals surface area contributed by atoms with Crippen LogP contribution in [0.2, 0.25) is 0 Å². The Bertz CT molecular complexity index is 2570. The van der Waals surface area contributed by atoms with Crippen molar-refractivity contribution in [3.63, 3.8) is 0 Å². The Hall–Kier alpha value is -4.28. The van der Waals surface area contributed by atoms with Crippen LogP contribution in [0.15, 0.2) is 103 Å². The fourth-order valence-corrected chi connectivity index (χ4v) is 13.7. The van der Waals surface area contributed by atoms with E-state index in [-0.39, 0.29) is 28.4 Å². The summed E-state index contributed by atoms with van der Waals surface area (Å²) in [5.41, 5.74) is 17.0. The SMILES string of the molecule is CC(C)(C)c1ccc(N2c3ccccc3B3c4sc5ccc(C(C)(C)C)cc5c4N(c4ccc(C(C)(C)C)cc4)c4cc(C56CC7CC(CC(C7)C5)C6)cc2c43)cc1. The van der Waals surface area contributed by atoms with Gasteiger partial charge in [-0.25, -0.2) is 0 Å². The number of fused-ring (bicyclic) bond motifs is 6. The molecule has 294 valence electrons. The van der Waals surface area contributed by atoms with Crippen LogP contribution in [0.5, 0.6) is 0 Å². The number of rotatable bonds is 3. The van der Waals surface area contributed by atoms with E-state index in [1.54, 1.807) is 5.56 Å². The summed E-state index contributed by atoms with van der Waals surface area (Å²) >= 11 is 2.02. The van der Waals surface area contributed by atoms with Crippen molar-refractivity contribution in [3.8, 4) is 0 Å². The molecule has 5 aromatic carbocycles. The fourth-order valence-electron chi connectivity index (χ4n) is 12.4. The minimum Gasteiger partial charge on any atom is -0.311 e. The lowest BCUT2D eigenvalue weighted by Crippen LogP contribution is -2.60. The first-order valence-electron chi connectivity index (χ1n) is 22.2. The van der Waals surface area contributed by atoms with Crippen LogP contribution in [0.1, 0.15) is 123 Å². The van der Waals surface area contributed by atoms with Gasteiger partial charge in [0.25, 0.3) is 6.71 Å². The van der Waals surface area contributed by atoms with Crippen molar-refractivity contribution in [1.82, 2.24) is 0 Å². The molecular weight excluding hydrogens is 719 g/mol. The van der Waals surface area contributed by atoms with Gasteiger partial charge in [0.2, 0.25) is 0 Å². The van der Waals surface area contributed by atoms with Crippen LogP contribution in [0.3, 0.4) is 0 Å². The van der Waals surface area contributed by atoms with Gasteiger partial charge in [0, 0.05) is 43.3 Å². The molecule has 0 atom stereocenters. The maximum atomic E-state index is 2.73. The van der Waals surface area contributed by atoms with Gasteiger partial charge < -0.3 is 9.80 Å². The lowest BCUT2D eigenvalue weighted by atomic mass is 9.36. The Labute approximate surface area is 351 Å². The van der Waals surface area contributed by atoms with E-state index in [1.165, 1.54) is 115 Å². The van der Waals surface area contributed by atoms with Gasteiger partial charge in [-0.3, -0.25) is 0 Å². The third kappa shape index (κ3) is 5.56. The number of hydrogen-bond acceptors (Lipinski definition) is 3. The largest absolute Gasteiger partial charge is 0.311 e. The molecule has 2 nitrogen and oxygen atoms in total. The third-order valence-corrected chi connectivity index (χ3v) is 16.3. The second-order valence-electron chi connectivity index (χ2n) is 22.2. The lowest BCUT2D eigenvalue weighted by Gasteiger charge is -2.57. The first kappa shape index (κ1) is 36.8. The molecule has 0 radical (unpaired) electrons. The summed E-state index contributed by atoms with van der Waals surface area (Å²) in [5.74, 6) is 2.62. The average Bonchev–Trinajstić information content (AvgIpc) is 3.55. The van der Waals surface area contributed by atoms with Crippen LogP contribution in [-0.4, -0.2) is 6.71 Å². The highest BCUT2D eigenvalue weighted by atomic mass is 32.1. The lowest BCUT2D eigenvalue weighted by molar-refractivity contribution is -0.00514. The molecule has 4 heteroatoms. The predicted octanol–water partition coefficient (Wildman–Crippen LogP) is 13.3. The van der Waals surface area contributed by atoms with Gasteiger partial charge >= 0.3 is 0 Å². The van der Waals surface area contributed by atoms with E-state index in [4.69, 9.17) is 0 Å². The van der Waals surface area contributed by atoms with Gasteiger partial charge in [-0.1, -0.05) is 111 Å². The molecule has 2 aliphatic heterocycles. The minimum atomic E-state index is 0.0497. The molecule has 4 saturated carbocycles. The number of para-hydroxylation sites is 1. The molecule has 12 rings (SSSR count). The smallest absolute Gasteiger partial charge is 0.264 e. The Balaban J connectivity index is 1.23. The summed E-state index contributed by atoms with van der Waals surface area (Å²) in [6.45, 7) is 21.2. The molecule has 4 aliphatic carbocycles. The monoisotopic (exact) mass is 778 g/mol. The molecule has 0 unspecified atom stereocenters. The highest BCUT2D eigenvalue weighted by Gasteiger charge is 2.53. The normalized spacial score (nSPS) is 23.3. The molecule has 1 aromatic heterocycles. The summed E-state index contributed by atoms with van der Waals surface area (Å²) in [7, 11) is 0. The Morgan fingerprint density at radius 2 is 1.05 bits per heavy atom. The Morgan fingerprint density at radius 1 is 0.552 bits per heavy atom. The topological polar surface area (TPSA) is 6.48 Å². The average molecular weight is 779 g/mol. The number of nitrogens with zero attached hydrogens (tertiary/aromatic N) is 2. The van der Waals surface area contributed by atoms with E-state index >= 15 is 0 Å². The van der Waals surface area contributed by atoms with E-state index in [9.17, 15) is 0 Å². The number of benzene rings is 5. The van der Waals surface area contributed by atoms with E-state index in [0.717, 1.165) is 17.8 Å². The molecule has 0 N–H and O–H groups in total. The van der Waals surface area contributed by atoms with Crippen molar-refractivity contribution in [1.29, 1.82) is 0 Å². The van der Waals surface area contributed by atoms with Crippen LogP contribution in [0.4, 0.5) is 34.1 Å². The second kappa shape index (κ2) is 12.4. The van der Waals surface area contributed by atoms with Crippen LogP contribution < -0.4 is 25.5 Å². The quantitative estimate of drug-likeness (QED) is 0.165. The van der Waals surface area contributed by atoms with Gasteiger partial charge in [0.05, 0.1) is 5.69 Å². The first-order chi connectivity index (χ1) is 27.6. The third-order valence-electron chi connectivity index (χ3n) is 15.1. The van der Waals surface area contributed by atoms with Crippen molar-refractivity contribution in [3.05, 3.63) is 125 Å². The molecule has 0 saturated heterocycles. The van der Waals surface area contributed by atoms with Crippen molar-refractivity contribution in [2.24, 2.45) is 17.8 Å². The predicted molar refractivity (Wildman–Crippen MR) is 252 cm³/mol. The van der Waals surface area contributed by atoms with Gasteiger partial charge in [-0.15, -0.1) is 11.3 Å². The van der Waals surface area contributed by atoms with E-state index in [2.05, 4.69) is 175 Å². The molecule has 3 heterocycles. The Morgan fingerprint density at radius 3 is 1.60 bits per heavy atom. The van der Waals surface area contributed by atoms with Crippen molar-refractivity contribution in [2.75, 3.05) is 9.80 Å². The zero-order chi connectivity index (χ0) is 40.1. The molecule has 58 heavy (non-hydrogen) atoms. The summed E-state index contributed by atoms with van der Waals surface area (Å²) in [5, 5.41) is 1.39. The number of anilines is 6. The van der Waals surface area contributed by atoms with Crippen LogP contribution in [0.25, 0.3) is 10.1 Å². The number of hydrogen-bond donors (Lipinski definition) is 0.